The fourth-order valence-electron chi connectivity index (χ4n) is 2.42. The third kappa shape index (κ3) is 1.99. The Hall–Kier alpha value is -1.58. The Morgan fingerprint density at radius 2 is 2.12 bits per heavy atom. The summed E-state index contributed by atoms with van der Waals surface area (Å²) in [5.74, 6) is 0.157. The van der Waals surface area contributed by atoms with Gasteiger partial charge in [0.25, 0.3) is 0 Å². The van der Waals surface area contributed by atoms with Crippen molar-refractivity contribution in [3.63, 3.8) is 0 Å². The highest BCUT2D eigenvalue weighted by atomic mass is 16.1. The molecule has 0 saturated carbocycles. The van der Waals surface area contributed by atoms with Gasteiger partial charge in [0.05, 0.1) is 11.3 Å². The highest BCUT2D eigenvalue weighted by Crippen LogP contribution is 2.27. The van der Waals surface area contributed by atoms with E-state index in [1.807, 2.05) is 36.9 Å². The maximum absolute atomic E-state index is 12.4. The van der Waals surface area contributed by atoms with Crippen LogP contribution in [0.4, 0.5) is 0 Å². The molecular weight excluding hydrogens is 214 g/mol. The van der Waals surface area contributed by atoms with E-state index in [0.717, 1.165) is 41.8 Å². The molecule has 1 heterocycles. The highest BCUT2D eigenvalue weighted by Gasteiger charge is 2.28. The summed E-state index contributed by atoms with van der Waals surface area (Å²) in [6.45, 7) is 2.06. The maximum atomic E-state index is 12.4. The molecular formula is C13H19N3O. The fourth-order valence-corrected chi connectivity index (χ4v) is 2.42. The molecule has 0 aromatic carbocycles. The first-order valence-corrected chi connectivity index (χ1v) is 6.01. The van der Waals surface area contributed by atoms with Crippen molar-refractivity contribution >= 4 is 5.78 Å². The number of allylic oxidation sites excluding steroid dienone is 1. The molecule has 0 fully saturated rings. The largest absolute Gasteiger partial charge is 0.383 e. The monoisotopic (exact) mass is 233 g/mol. The zero-order chi connectivity index (χ0) is 12.6. The SMILES string of the molecule is CCc1c2c(nn1C)CC/C(=C\N(C)C)C2=O. The zero-order valence-corrected chi connectivity index (χ0v) is 10.9. The summed E-state index contributed by atoms with van der Waals surface area (Å²) < 4.78 is 1.85. The smallest absolute Gasteiger partial charge is 0.194 e. The lowest BCUT2D eigenvalue weighted by Gasteiger charge is -2.16. The van der Waals surface area contributed by atoms with Crippen molar-refractivity contribution in [2.75, 3.05) is 14.1 Å². The number of ketones is 1. The second-order valence-corrected chi connectivity index (χ2v) is 4.69. The number of aromatic nitrogens is 2. The summed E-state index contributed by atoms with van der Waals surface area (Å²) in [5.41, 5.74) is 3.75. The maximum Gasteiger partial charge on any atom is 0.194 e. The molecule has 1 aromatic rings. The molecule has 0 atom stereocenters. The van der Waals surface area contributed by atoms with E-state index in [4.69, 9.17) is 0 Å². The van der Waals surface area contributed by atoms with Crippen molar-refractivity contribution in [1.29, 1.82) is 0 Å². The van der Waals surface area contributed by atoms with Crippen molar-refractivity contribution in [1.82, 2.24) is 14.7 Å². The summed E-state index contributed by atoms with van der Waals surface area (Å²) in [7, 11) is 5.80. The number of Topliss-reactive ketones (excluding diaryl/α,β-unsaturated/α-hetero) is 1. The molecule has 2 rings (SSSR count). The van der Waals surface area contributed by atoms with E-state index in [-0.39, 0.29) is 5.78 Å². The lowest BCUT2D eigenvalue weighted by atomic mass is 9.90. The number of hydrogen-bond donors (Lipinski definition) is 0. The molecule has 0 amide bonds. The molecule has 0 spiro atoms. The van der Waals surface area contributed by atoms with Crippen LogP contribution in [0.1, 0.15) is 35.1 Å². The third-order valence-electron chi connectivity index (χ3n) is 3.14. The number of nitrogens with zero attached hydrogens (tertiary/aromatic N) is 3. The van der Waals surface area contributed by atoms with E-state index in [1.54, 1.807) is 0 Å². The lowest BCUT2D eigenvalue weighted by Crippen LogP contribution is -2.17. The van der Waals surface area contributed by atoms with Crippen LogP contribution in [-0.2, 0) is 19.9 Å². The van der Waals surface area contributed by atoms with Gasteiger partial charge in [-0.2, -0.15) is 5.10 Å². The average Bonchev–Trinajstić information content (AvgIpc) is 2.58. The van der Waals surface area contributed by atoms with Crippen LogP contribution in [0.2, 0.25) is 0 Å². The molecule has 0 N–H and O–H groups in total. The number of hydrogen-bond acceptors (Lipinski definition) is 3. The van der Waals surface area contributed by atoms with Gasteiger partial charge in [-0.25, -0.2) is 0 Å². The molecule has 92 valence electrons. The van der Waals surface area contributed by atoms with Crippen LogP contribution >= 0.6 is 0 Å². The Morgan fingerprint density at radius 3 is 2.71 bits per heavy atom. The highest BCUT2D eigenvalue weighted by molar-refractivity contribution is 6.11. The Morgan fingerprint density at radius 1 is 1.41 bits per heavy atom. The molecule has 4 heteroatoms. The number of fused-ring (bicyclic) bond motifs is 1. The van der Waals surface area contributed by atoms with Gasteiger partial charge in [-0.05, 0) is 19.3 Å². The normalized spacial score (nSPS) is 17.4. The molecule has 1 aliphatic rings. The lowest BCUT2D eigenvalue weighted by molar-refractivity contribution is 0.102. The van der Waals surface area contributed by atoms with Gasteiger partial charge in [-0.1, -0.05) is 6.92 Å². The number of carbonyl (C=O) groups is 1. The Balaban J connectivity index is 2.48. The van der Waals surface area contributed by atoms with Gasteiger partial charge < -0.3 is 4.90 Å². The minimum atomic E-state index is 0.157. The van der Waals surface area contributed by atoms with Gasteiger partial charge in [-0.15, -0.1) is 0 Å². The van der Waals surface area contributed by atoms with E-state index in [2.05, 4.69) is 12.0 Å². The number of rotatable bonds is 2. The first kappa shape index (κ1) is 11.9. The van der Waals surface area contributed by atoms with Crippen LogP contribution in [0.3, 0.4) is 0 Å². The van der Waals surface area contributed by atoms with E-state index in [1.165, 1.54) is 0 Å². The van der Waals surface area contributed by atoms with Crippen molar-refractivity contribution in [3.05, 3.63) is 28.7 Å². The Bertz CT molecular complexity index is 483. The molecule has 0 aliphatic heterocycles. The van der Waals surface area contributed by atoms with Crippen LogP contribution in [-0.4, -0.2) is 34.6 Å². The quantitative estimate of drug-likeness (QED) is 0.728. The van der Waals surface area contributed by atoms with E-state index in [9.17, 15) is 4.79 Å². The summed E-state index contributed by atoms with van der Waals surface area (Å²) in [5, 5.41) is 4.44. The predicted molar refractivity (Wildman–Crippen MR) is 67.0 cm³/mol. The second kappa shape index (κ2) is 4.35. The van der Waals surface area contributed by atoms with Crippen LogP contribution in [0.25, 0.3) is 0 Å². The molecule has 4 nitrogen and oxygen atoms in total. The molecule has 1 aliphatic carbocycles. The summed E-state index contributed by atoms with van der Waals surface area (Å²) in [6.07, 6.45) is 4.44. The van der Waals surface area contributed by atoms with Gasteiger partial charge >= 0.3 is 0 Å². The van der Waals surface area contributed by atoms with Gasteiger partial charge in [0.1, 0.15) is 0 Å². The summed E-state index contributed by atoms with van der Waals surface area (Å²) >= 11 is 0. The molecule has 1 aromatic heterocycles. The Kier molecular flexibility index (Phi) is 3.05. The second-order valence-electron chi connectivity index (χ2n) is 4.69. The zero-order valence-electron chi connectivity index (χ0n) is 10.9. The van der Waals surface area contributed by atoms with Crippen molar-refractivity contribution < 1.29 is 4.79 Å². The summed E-state index contributed by atoms with van der Waals surface area (Å²) in [6, 6.07) is 0. The standard InChI is InChI=1S/C13H19N3O/c1-5-11-12-10(14-16(11)4)7-6-9(13(12)17)8-15(2)3/h8H,5-7H2,1-4H3/b9-8+. The van der Waals surface area contributed by atoms with Gasteiger partial charge in [0.15, 0.2) is 5.78 Å². The third-order valence-corrected chi connectivity index (χ3v) is 3.14. The van der Waals surface area contributed by atoms with Crippen molar-refractivity contribution in [2.45, 2.75) is 26.2 Å². The van der Waals surface area contributed by atoms with Crippen LogP contribution in [0, 0.1) is 0 Å². The molecule has 17 heavy (non-hydrogen) atoms. The minimum Gasteiger partial charge on any atom is -0.383 e. The molecule has 0 radical (unpaired) electrons. The molecule has 0 unspecified atom stereocenters. The topological polar surface area (TPSA) is 38.1 Å². The van der Waals surface area contributed by atoms with E-state index in [0.29, 0.717) is 0 Å². The van der Waals surface area contributed by atoms with Crippen LogP contribution < -0.4 is 0 Å². The predicted octanol–water partition coefficient (Wildman–Crippen LogP) is 1.56. The van der Waals surface area contributed by atoms with Gasteiger partial charge in [-0.3, -0.25) is 9.48 Å². The number of carbonyl (C=O) groups excluding carboxylic acids is 1. The molecule has 0 saturated heterocycles. The first-order valence-electron chi connectivity index (χ1n) is 6.01. The van der Waals surface area contributed by atoms with Crippen LogP contribution in [0.15, 0.2) is 11.8 Å². The van der Waals surface area contributed by atoms with E-state index >= 15 is 0 Å². The van der Waals surface area contributed by atoms with Crippen molar-refractivity contribution in [3.8, 4) is 0 Å². The minimum absolute atomic E-state index is 0.157. The van der Waals surface area contributed by atoms with E-state index < -0.39 is 0 Å². The fraction of sp³-hybridized carbons (Fsp3) is 0.538. The van der Waals surface area contributed by atoms with Gasteiger partial charge in [0.2, 0.25) is 0 Å². The average molecular weight is 233 g/mol. The van der Waals surface area contributed by atoms with Crippen LogP contribution in [0.5, 0.6) is 0 Å². The van der Waals surface area contributed by atoms with Crippen molar-refractivity contribution in [2.24, 2.45) is 7.05 Å². The number of aryl methyl sites for hydroxylation is 2. The van der Waals surface area contributed by atoms with Gasteiger partial charge in [0, 0.05) is 38.6 Å². The Labute approximate surface area is 102 Å². The molecule has 0 bridgehead atoms. The first-order chi connectivity index (χ1) is 8.04. The summed E-state index contributed by atoms with van der Waals surface area (Å²) in [4.78, 5) is 14.3.